The molecule has 1 aliphatic carbocycles. The van der Waals surface area contributed by atoms with Gasteiger partial charge in [0.1, 0.15) is 5.75 Å². The van der Waals surface area contributed by atoms with Crippen molar-refractivity contribution in [3.63, 3.8) is 0 Å². The van der Waals surface area contributed by atoms with Crippen molar-refractivity contribution < 1.29 is 5.11 Å². The molecule has 2 aliphatic rings. The minimum atomic E-state index is -0.242. The number of allylic oxidation sites excluding steroid dienone is 1. The Balaban J connectivity index is 1.60. The fraction of sp³-hybridized carbons (Fsp3) is 0.333. The van der Waals surface area contributed by atoms with Crippen LogP contribution in [0.3, 0.4) is 0 Å². The summed E-state index contributed by atoms with van der Waals surface area (Å²) in [5.74, 6) is 0.345. The third kappa shape index (κ3) is 4.44. The largest absolute Gasteiger partial charge is 0.507 e. The van der Waals surface area contributed by atoms with Crippen LogP contribution in [0.15, 0.2) is 69.3 Å². The smallest absolute Gasteiger partial charge is 0.271 e. The number of hydrogen-bond donors (Lipinski definition) is 1. The zero-order valence-corrected chi connectivity index (χ0v) is 25.0. The molecule has 39 heavy (non-hydrogen) atoms. The van der Waals surface area contributed by atoms with E-state index in [1.165, 1.54) is 32.9 Å². The molecule has 1 atom stereocenters. The molecule has 0 bridgehead atoms. The number of phenols is 1. The molecule has 4 aromatic rings. The molecule has 3 heterocycles. The lowest BCUT2D eigenvalue weighted by Gasteiger charge is -2.30. The first-order valence-electron chi connectivity index (χ1n) is 13.5. The molecule has 6 rings (SSSR count). The maximum atomic E-state index is 14.1. The second-order valence-electron chi connectivity index (χ2n) is 12.6. The molecule has 0 amide bonds. The van der Waals surface area contributed by atoms with E-state index in [0.29, 0.717) is 10.3 Å². The Bertz CT molecular complexity index is 1770. The number of hydrogen-bond acceptors (Lipinski definition) is 5. The quantitative estimate of drug-likeness (QED) is 0.301. The van der Waals surface area contributed by atoms with Crippen molar-refractivity contribution in [1.29, 1.82) is 0 Å². The molecule has 1 N–H and O–H groups in total. The number of nitrogens with zero attached hydrogens (tertiary/aromatic N) is 2. The molecule has 0 radical (unpaired) electrons. The summed E-state index contributed by atoms with van der Waals surface area (Å²) >= 11 is 3.15. The van der Waals surface area contributed by atoms with Crippen LogP contribution in [-0.2, 0) is 17.3 Å². The van der Waals surface area contributed by atoms with Crippen molar-refractivity contribution in [2.24, 2.45) is 4.99 Å². The lowest BCUT2D eigenvalue weighted by atomic mass is 9.78. The highest BCUT2D eigenvalue weighted by atomic mass is 32.1. The van der Waals surface area contributed by atoms with E-state index in [-0.39, 0.29) is 22.4 Å². The summed E-state index contributed by atoms with van der Waals surface area (Å²) in [5, 5.41) is 13.3. The van der Waals surface area contributed by atoms with Crippen LogP contribution in [0.4, 0.5) is 0 Å². The Hall–Kier alpha value is -3.22. The second-order valence-corrected chi connectivity index (χ2v) is 14.6. The van der Waals surface area contributed by atoms with E-state index in [4.69, 9.17) is 4.99 Å². The number of phenolic OH excluding ortho intramolecular Hbond substituents is 1. The van der Waals surface area contributed by atoms with Gasteiger partial charge in [-0.1, -0.05) is 83.2 Å². The minimum absolute atomic E-state index is 0.00903. The highest BCUT2D eigenvalue weighted by Gasteiger charge is 2.33. The number of aromatic hydroxyl groups is 1. The Kier molecular flexibility index (Phi) is 6.12. The first-order valence-corrected chi connectivity index (χ1v) is 15.2. The van der Waals surface area contributed by atoms with E-state index in [1.54, 1.807) is 11.3 Å². The van der Waals surface area contributed by atoms with Crippen molar-refractivity contribution in [1.82, 2.24) is 4.57 Å². The predicted octanol–water partition coefficient (Wildman–Crippen LogP) is 6.68. The fourth-order valence-corrected chi connectivity index (χ4v) is 7.60. The zero-order valence-electron chi connectivity index (χ0n) is 23.3. The van der Waals surface area contributed by atoms with Crippen LogP contribution in [0.1, 0.15) is 86.7 Å². The predicted molar refractivity (Wildman–Crippen MR) is 163 cm³/mol. The highest BCUT2D eigenvalue weighted by Crippen LogP contribution is 2.43. The summed E-state index contributed by atoms with van der Waals surface area (Å²) < 4.78 is 2.57. The van der Waals surface area contributed by atoms with Gasteiger partial charge in [-0.05, 0) is 70.0 Å². The first kappa shape index (κ1) is 26.0. The van der Waals surface area contributed by atoms with Crippen LogP contribution < -0.4 is 14.9 Å². The Morgan fingerprint density at radius 2 is 1.67 bits per heavy atom. The molecular formula is C33H34N2O2S2. The van der Waals surface area contributed by atoms with Crippen molar-refractivity contribution in [2.45, 2.75) is 71.3 Å². The van der Waals surface area contributed by atoms with Gasteiger partial charge in [0.05, 0.1) is 16.3 Å². The summed E-state index contributed by atoms with van der Waals surface area (Å²) in [7, 11) is 0. The van der Waals surface area contributed by atoms with Gasteiger partial charge in [0, 0.05) is 21.6 Å². The molecule has 4 nitrogen and oxygen atoms in total. The molecule has 2 aromatic carbocycles. The van der Waals surface area contributed by atoms with Crippen molar-refractivity contribution in [2.75, 3.05) is 0 Å². The summed E-state index contributed by atoms with van der Waals surface area (Å²) in [5.41, 5.74) is 6.96. The SMILES string of the molecule is CC(C)(C)c1cc(/C=c2/sc3n(c2=O)C(c2cccs2)C2=C(N=3)c3ccccc3CC2)cc(C(C)(C)C)c1O. The van der Waals surface area contributed by atoms with Crippen molar-refractivity contribution in [3.8, 4) is 5.75 Å². The van der Waals surface area contributed by atoms with E-state index in [1.807, 2.05) is 22.8 Å². The normalized spacial score (nSPS) is 17.5. The topological polar surface area (TPSA) is 54.6 Å². The molecule has 6 heteroatoms. The summed E-state index contributed by atoms with van der Waals surface area (Å²) in [4.78, 5) is 21.1. The Labute approximate surface area is 237 Å². The average Bonchev–Trinajstić information content (AvgIpc) is 3.51. The van der Waals surface area contributed by atoms with Crippen molar-refractivity contribution in [3.05, 3.63) is 112 Å². The van der Waals surface area contributed by atoms with E-state index < -0.39 is 0 Å². The molecule has 2 aromatic heterocycles. The van der Waals surface area contributed by atoms with E-state index in [9.17, 15) is 9.90 Å². The molecule has 0 fully saturated rings. The standard InChI is InChI=1S/C33H34N2O2S2/c1-32(2,3)23-16-19(17-24(29(23)36)33(4,5)6)18-26-30(37)35-28(25-12-9-15-38-25)22-14-13-20-10-7-8-11-21(20)27(22)34-31(35)39-26/h7-12,15-18,28,36H,13-14H2,1-6H3/b26-18+. The maximum absolute atomic E-state index is 14.1. The van der Waals surface area contributed by atoms with E-state index >= 15 is 0 Å². The molecule has 0 spiro atoms. The van der Waals surface area contributed by atoms with Crippen LogP contribution in [-0.4, -0.2) is 9.67 Å². The second kappa shape index (κ2) is 9.17. The number of aromatic nitrogens is 1. The average molecular weight is 555 g/mol. The van der Waals surface area contributed by atoms with Gasteiger partial charge in [-0.3, -0.25) is 9.36 Å². The van der Waals surface area contributed by atoms with E-state index in [0.717, 1.165) is 40.0 Å². The number of thiazole rings is 1. The van der Waals surface area contributed by atoms with Crippen LogP contribution in [0.25, 0.3) is 11.8 Å². The van der Waals surface area contributed by atoms with Crippen LogP contribution in [0, 0.1) is 0 Å². The van der Waals surface area contributed by atoms with Crippen molar-refractivity contribution >= 4 is 34.4 Å². The number of rotatable bonds is 2. The van der Waals surface area contributed by atoms with Gasteiger partial charge >= 0.3 is 0 Å². The van der Waals surface area contributed by atoms with Gasteiger partial charge in [0.25, 0.3) is 5.56 Å². The van der Waals surface area contributed by atoms with Crippen LogP contribution in [0.2, 0.25) is 0 Å². The van der Waals surface area contributed by atoms with Gasteiger partial charge in [-0.15, -0.1) is 11.3 Å². The highest BCUT2D eigenvalue weighted by molar-refractivity contribution is 7.10. The lowest BCUT2D eigenvalue weighted by Crippen LogP contribution is -2.38. The summed E-state index contributed by atoms with van der Waals surface area (Å²) in [6.07, 6.45) is 3.83. The minimum Gasteiger partial charge on any atom is -0.507 e. The monoisotopic (exact) mass is 554 g/mol. The molecular weight excluding hydrogens is 521 g/mol. The van der Waals surface area contributed by atoms with Gasteiger partial charge in [0.2, 0.25) is 0 Å². The molecule has 0 saturated heterocycles. The number of benzene rings is 2. The van der Waals surface area contributed by atoms with Gasteiger partial charge in [0.15, 0.2) is 4.80 Å². The molecule has 0 saturated carbocycles. The number of fused-ring (bicyclic) bond motifs is 3. The summed E-state index contributed by atoms with van der Waals surface area (Å²) in [6, 6.07) is 16.6. The molecule has 200 valence electrons. The fourth-order valence-electron chi connectivity index (χ4n) is 5.75. The third-order valence-corrected chi connectivity index (χ3v) is 9.64. The van der Waals surface area contributed by atoms with E-state index in [2.05, 4.69) is 83.3 Å². The maximum Gasteiger partial charge on any atom is 0.271 e. The van der Waals surface area contributed by atoms with Crippen LogP contribution >= 0.6 is 22.7 Å². The number of thiophene rings is 1. The first-order chi connectivity index (χ1) is 18.4. The van der Waals surface area contributed by atoms with Gasteiger partial charge in [-0.2, -0.15) is 0 Å². The third-order valence-electron chi connectivity index (χ3n) is 7.73. The lowest BCUT2D eigenvalue weighted by molar-refractivity contribution is 0.423. The Morgan fingerprint density at radius 1 is 0.974 bits per heavy atom. The molecule has 1 aliphatic heterocycles. The number of aryl methyl sites for hydroxylation is 1. The molecule has 1 unspecified atom stereocenters. The van der Waals surface area contributed by atoms with Gasteiger partial charge < -0.3 is 5.11 Å². The van der Waals surface area contributed by atoms with Crippen LogP contribution in [0.5, 0.6) is 5.75 Å². The zero-order chi connectivity index (χ0) is 27.7. The van der Waals surface area contributed by atoms with Gasteiger partial charge in [-0.25, -0.2) is 4.99 Å². The summed E-state index contributed by atoms with van der Waals surface area (Å²) in [6.45, 7) is 12.6. The Morgan fingerprint density at radius 3 is 2.31 bits per heavy atom.